The van der Waals surface area contributed by atoms with Crippen LogP contribution in [0.4, 0.5) is 0 Å². The van der Waals surface area contributed by atoms with E-state index >= 15 is 0 Å². The number of quaternary nitrogens is 1. The van der Waals surface area contributed by atoms with Crippen LogP contribution in [0, 0.1) is 0 Å². The van der Waals surface area contributed by atoms with Crippen LogP contribution < -0.4 is 0 Å². The second-order valence-corrected chi connectivity index (χ2v) is 27.3. The van der Waals surface area contributed by atoms with Crippen LogP contribution in [0.1, 0.15) is 386 Å². The molecule has 0 aliphatic heterocycles. The Hall–Kier alpha value is -2.49. The van der Waals surface area contributed by atoms with E-state index in [1.54, 1.807) is 0 Å². The van der Waals surface area contributed by atoms with Crippen LogP contribution in [0.3, 0.4) is 0 Å². The minimum Gasteiger partial charge on any atom is -0.477 e. The van der Waals surface area contributed by atoms with Crippen molar-refractivity contribution < 1.29 is 42.9 Å². The summed E-state index contributed by atoms with van der Waals surface area (Å²) in [4.78, 5) is 37.6. The lowest BCUT2D eigenvalue weighted by Gasteiger charge is -2.25. The van der Waals surface area contributed by atoms with Crippen LogP contribution in [0.15, 0.2) is 36.5 Å². The first kappa shape index (κ1) is 84.5. The Morgan fingerprint density at radius 3 is 0.920 bits per heavy atom. The van der Waals surface area contributed by atoms with Gasteiger partial charge in [0.15, 0.2) is 6.10 Å². The number of esters is 2. The van der Waals surface area contributed by atoms with Gasteiger partial charge in [-0.2, -0.15) is 0 Å². The van der Waals surface area contributed by atoms with Crippen molar-refractivity contribution >= 4 is 17.9 Å². The molecule has 0 spiro atoms. The normalized spacial score (nSPS) is 12.8. The van der Waals surface area contributed by atoms with Crippen molar-refractivity contribution in [2.45, 2.75) is 399 Å². The van der Waals surface area contributed by atoms with Crippen LogP contribution in [0.25, 0.3) is 0 Å². The Labute approximate surface area is 540 Å². The molecule has 0 rings (SSSR count). The minimum atomic E-state index is -1.51. The van der Waals surface area contributed by atoms with Gasteiger partial charge in [-0.3, -0.25) is 9.59 Å². The molecule has 0 bridgehead atoms. The molecule has 0 saturated carbocycles. The lowest BCUT2D eigenvalue weighted by Crippen LogP contribution is -2.40. The van der Waals surface area contributed by atoms with Gasteiger partial charge in [-0.1, -0.05) is 339 Å². The van der Waals surface area contributed by atoms with E-state index in [1.165, 1.54) is 308 Å². The number of carboxylic acids is 1. The van der Waals surface area contributed by atoms with Crippen LogP contribution >= 0.6 is 0 Å². The van der Waals surface area contributed by atoms with Gasteiger partial charge in [-0.15, -0.1) is 0 Å². The first-order valence-corrected chi connectivity index (χ1v) is 38.2. The van der Waals surface area contributed by atoms with Crippen LogP contribution in [-0.2, 0) is 33.3 Å². The Kier molecular flexibility index (Phi) is 67.4. The molecule has 0 aliphatic carbocycles. The number of carbonyl (C=O) groups excluding carboxylic acids is 2. The maximum absolute atomic E-state index is 12.9. The fraction of sp³-hybridized carbons (Fsp3) is 0.885. The second kappa shape index (κ2) is 69.4. The molecule has 0 aromatic heterocycles. The van der Waals surface area contributed by atoms with Gasteiger partial charge in [0.05, 0.1) is 34.4 Å². The molecular formula is C78H148NO8+. The highest BCUT2D eigenvalue weighted by Crippen LogP contribution is 2.19. The molecular weight excluding hydrogens is 1080 g/mol. The maximum atomic E-state index is 12.9. The van der Waals surface area contributed by atoms with E-state index in [1.807, 2.05) is 21.1 Å². The number of carbonyl (C=O) groups is 3. The van der Waals surface area contributed by atoms with Gasteiger partial charge in [-0.25, -0.2) is 4.79 Å². The molecule has 0 radical (unpaired) electrons. The summed E-state index contributed by atoms with van der Waals surface area (Å²) >= 11 is 0. The molecule has 0 heterocycles. The Morgan fingerprint density at radius 1 is 0.345 bits per heavy atom. The van der Waals surface area contributed by atoms with Crippen molar-refractivity contribution in [3.8, 4) is 0 Å². The summed E-state index contributed by atoms with van der Waals surface area (Å²) in [5, 5.41) is 9.75. The van der Waals surface area contributed by atoms with Gasteiger partial charge in [0.1, 0.15) is 13.2 Å². The van der Waals surface area contributed by atoms with Crippen LogP contribution in [0.5, 0.6) is 0 Å². The van der Waals surface area contributed by atoms with E-state index in [9.17, 15) is 19.5 Å². The number of ether oxygens (including phenoxy) is 4. The van der Waals surface area contributed by atoms with Gasteiger partial charge in [0.2, 0.25) is 0 Å². The number of rotatable bonds is 72. The molecule has 0 aliphatic rings. The third-order valence-corrected chi connectivity index (χ3v) is 17.4. The fourth-order valence-electron chi connectivity index (χ4n) is 11.5. The van der Waals surface area contributed by atoms with Gasteiger partial charge in [0.25, 0.3) is 6.29 Å². The van der Waals surface area contributed by atoms with E-state index in [0.29, 0.717) is 17.4 Å². The molecule has 0 fully saturated rings. The molecule has 0 aromatic rings. The molecule has 2 unspecified atom stereocenters. The van der Waals surface area contributed by atoms with Gasteiger partial charge in [-0.05, 0) is 70.6 Å². The second-order valence-electron chi connectivity index (χ2n) is 27.3. The smallest absolute Gasteiger partial charge is 0.361 e. The highest BCUT2D eigenvalue weighted by molar-refractivity contribution is 5.71. The topological polar surface area (TPSA) is 108 Å². The summed E-state index contributed by atoms with van der Waals surface area (Å²) in [5.74, 6) is -1.98. The van der Waals surface area contributed by atoms with Crippen LogP contribution in [0.2, 0.25) is 0 Å². The van der Waals surface area contributed by atoms with Crippen molar-refractivity contribution in [3.05, 3.63) is 36.5 Å². The third kappa shape index (κ3) is 70.8. The van der Waals surface area contributed by atoms with Gasteiger partial charge < -0.3 is 28.5 Å². The lowest BCUT2D eigenvalue weighted by atomic mass is 10.0. The van der Waals surface area contributed by atoms with E-state index in [2.05, 4.69) is 50.3 Å². The summed E-state index contributed by atoms with van der Waals surface area (Å²) in [6, 6.07) is 0. The monoisotopic (exact) mass is 1230 g/mol. The quantitative estimate of drug-likeness (QED) is 0.0211. The molecule has 0 saturated heterocycles. The highest BCUT2D eigenvalue weighted by Gasteiger charge is 2.25. The van der Waals surface area contributed by atoms with Crippen LogP contribution in [-0.4, -0.2) is 87.4 Å². The summed E-state index contributed by atoms with van der Waals surface area (Å²) in [5.41, 5.74) is 0. The van der Waals surface area contributed by atoms with Gasteiger partial charge >= 0.3 is 17.9 Å². The number of aliphatic carboxylic acids is 1. The highest BCUT2D eigenvalue weighted by atomic mass is 16.7. The molecule has 87 heavy (non-hydrogen) atoms. The zero-order chi connectivity index (χ0) is 63.3. The number of hydrogen-bond donors (Lipinski definition) is 1. The maximum Gasteiger partial charge on any atom is 0.361 e. The average Bonchev–Trinajstić information content (AvgIpc) is 3.57. The van der Waals surface area contributed by atoms with Crippen molar-refractivity contribution in [1.82, 2.24) is 0 Å². The van der Waals surface area contributed by atoms with Crippen molar-refractivity contribution in [2.75, 3.05) is 47.5 Å². The molecule has 9 nitrogen and oxygen atoms in total. The lowest BCUT2D eigenvalue weighted by molar-refractivity contribution is -0.870. The summed E-state index contributed by atoms with van der Waals surface area (Å²) in [7, 11) is 5.99. The number of carboxylic acid groups (broad SMARTS) is 1. The Bertz CT molecular complexity index is 1520. The van der Waals surface area contributed by atoms with E-state index in [0.717, 1.165) is 51.4 Å². The largest absolute Gasteiger partial charge is 0.477 e. The number of likely N-dealkylation sites (N-methyl/N-ethyl adjacent to an activating group) is 1. The molecule has 2 atom stereocenters. The summed E-state index contributed by atoms with van der Waals surface area (Å²) < 4.78 is 23.0. The SMILES string of the molecule is CCCCCCC/C=C\C/C=C\CCCCCCCCCCCC(=O)OC(COC(=O)CCCCCCCCCCCCCCCCCCCCCCCCCCCCCCC/C=C\CCCCCCCCCC)COC(OCC[N+](C)(C)C)C(=O)O. The van der Waals surface area contributed by atoms with E-state index < -0.39 is 24.3 Å². The number of hydrogen-bond acceptors (Lipinski definition) is 7. The Balaban J connectivity index is 3.91. The third-order valence-electron chi connectivity index (χ3n) is 17.4. The number of nitrogens with zero attached hydrogens (tertiary/aromatic N) is 1. The minimum absolute atomic E-state index is 0.179. The summed E-state index contributed by atoms with van der Waals surface area (Å²) in [6.07, 6.45) is 85.9. The van der Waals surface area contributed by atoms with Crippen molar-refractivity contribution in [3.63, 3.8) is 0 Å². The summed E-state index contributed by atoms with van der Waals surface area (Å²) in [6.45, 7) is 4.92. The van der Waals surface area contributed by atoms with Gasteiger partial charge in [0, 0.05) is 12.8 Å². The van der Waals surface area contributed by atoms with E-state index in [-0.39, 0.29) is 32.2 Å². The molecule has 512 valence electrons. The first-order chi connectivity index (χ1) is 42.6. The zero-order valence-electron chi connectivity index (χ0n) is 58.7. The average molecular weight is 1230 g/mol. The fourth-order valence-corrected chi connectivity index (χ4v) is 11.5. The van der Waals surface area contributed by atoms with Crippen molar-refractivity contribution in [1.29, 1.82) is 0 Å². The molecule has 9 heteroatoms. The molecule has 1 N–H and O–H groups in total. The molecule has 0 aromatic carbocycles. The van der Waals surface area contributed by atoms with Crippen molar-refractivity contribution in [2.24, 2.45) is 0 Å². The first-order valence-electron chi connectivity index (χ1n) is 38.2. The predicted octanol–water partition coefficient (Wildman–Crippen LogP) is 23.9. The standard InChI is InChI=1S/C78H147NO8/c1-6-8-10-12-14-16-18-20-22-24-26-28-29-30-31-32-33-34-35-36-37-38-39-40-41-42-43-44-45-46-47-49-50-52-54-56-58-60-62-64-66-68-75(80)85-72-74(73-86-78(77(82)83)84-71-70-79(3,4)5)87-76(81)69-67-65-63-61-59-57-55-53-51-48-27-25-23-21-19-17-15-13-11-9-7-2/h19,21,24-27,74,78H,6-18,20,22-23,28-73H2,1-5H3/p+1/b21-19-,26-24-,27-25-. The van der Waals surface area contributed by atoms with E-state index in [4.69, 9.17) is 18.9 Å². The Morgan fingerprint density at radius 2 is 0.621 bits per heavy atom. The number of unbranched alkanes of at least 4 members (excludes halogenated alkanes) is 51. The zero-order valence-corrected chi connectivity index (χ0v) is 58.7. The molecule has 0 amide bonds. The number of allylic oxidation sites excluding steroid dienone is 6. The predicted molar refractivity (Wildman–Crippen MR) is 374 cm³/mol.